The molecule has 4 nitrogen and oxygen atoms in total. The van der Waals surface area contributed by atoms with Gasteiger partial charge < -0.3 is 14.2 Å². The molecule has 1 aromatic carbocycles. The maximum Gasteiger partial charge on any atom is 0.296 e. The summed E-state index contributed by atoms with van der Waals surface area (Å²) in [5, 5.41) is 9.43. The van der Waals surface area contributed by atoms with E-state index in [0.29, 0.717) is 12.0 Å². The van der Waals surface area contributed by atoms with E-state index in [1.54, 1.807) is 0 Å². The topological polar surface area (TPSA) is 51.5 Å². The number of allylic oxidation sites excluding steroid dienone is 1. The van der Waals surface area contributed by atoms with Gasteiger partial charge in [-0.2, -0.15) is 5.26 Å². The van der Waals surface area contributed by atoms with Crippen LogP contribution in [0, 0.1) is 11.3 Å². The molecule has 1 heterocycles. The lowest BCUT2D eigenvalue weighted by Crippen LogP contribution is -2.34. The summed E-state index contributed by atoms with van der Waals surface area (Å²) in [4.78, 5) is 0. The van der Waals surface area contributed by atoms with Gasteiger partial charge in [0.25, 0.3) is 5.95 Å². The molecule has 0 radical (unpaired) electrons. The van der Waals surface area contributed by atoms with Crippen molar-refractivity contribution in [2.75, 3.05) is 7.11 Å². The van der Waals surface area contributed by atoms with Crippen LogP contribution in [-0.4, -0.2) is 19.0 Å². The molecule has 1 aromatic rings. The van der Waals surface area contributed by atoms with Crippen molar-refractivity contribution in [2.45, 2.75) is 45.0 Å². The molecule has 4 heteroatoms. The molecule has 2 atom stereocenters. The summed E-state index contributed by atoms with van der Waals surface area (Å²) >= 11 is 0. The first kappa shape index (κ1) is 15.4. The van der Waals surface area contributed by atoms with E-state index in [2.05, 4.69) is 6.07 Å². The third-order valence-corrected chi connectivity index (χ3v) is 3.23. The molecule has 2 rings (SSSR count). The molecule has 0 amide bonds. The van der Waals surface area contributed by atoms with Gasteiger partial charge in [0.1, 0.15) is 11.6 Å². The average Bonchev–Trinajstić information content (AvgIpc) is 2.45. The Kier molecular flexibility index (Phi) is 4.54. The summed E-state index contributed by atoms with van der Waals surface area (Å²) in [6.45, 7) is 5.93. The second kappa shape index (κ2) is 6.19. The Bertz CT molecular complexity index is 552. The molecule has 0 bridgehead atoms. The average molecular weight is 287 g/mol. The molecule has 112 valence electrons. The summed E-state index contributed by atoms with van der Waals surface area (Å²) in [5.41, 5.74) is 1.25. The lowest BCUT2D eigenvalue weighted by atomic mass is 9.87. The Balaban J connectivity index is 2.34. The van der Waals surface area contributed by atoms with E-state index in [1.807, 2.05) is 51.1 Å². The quantitative estimate of drug-likeness (QED) is 0.850. The Labute approximate surface area is 125 Å². The van der Waals surface area contributed by atoms with Crippen LogP contribution in [0.2, 0.25) is 0 Å². The molecule has 1 aliphatic heterocycles. The zero-order chi connectivity index (χ0) is 15.5. The molecular weight excluding hydrogens is 266 g/mol. The lowest BCUT2D eigenvalue weighted by molar-refractivity contribution is -0.206. The third kappa shape index (κ3) is 3.77. The molecule has 2 unspecified atom stereocenters. The van der Waals surface area contributed by atoms with Crippen molar-refractivity contribution >= 4 is 0 Å². The normalized spacial score (nSPS) is 22.4. The molecular formula is C17H21NO3. The minimum Gasteiger partial charge on any atom is -0.468 e. The largest absolute Gasteiger partial charge is 0.468 e. The number of nitriles is 1. The number of hydrogen-bond donors (Lipinski definition) is 0. The minimum atomic E-state index is -0.428. The first-order valence-corrected chi connectivity index (χ1v) is 7.02. The Hall–Kier alpha value is -1.99. The second-order valence-electron chi connectivity index (χ2n) is 5.99. The Morgan fingerprint density at radius 2 is 1.90 bits per heavy atom. The van der Waals surface area contributed by atoms with Crippen molar-refractivity contribution < 1.29 is 14.2 Å². The van der Waals surface area contributed by atoms with Gasteiger partial charge in [-0.1, -0.05) is 30.3 Å². The van der Waals surface area contributed by atoms with E-state index in [0.717, 1.165) is 5.56 Å². The van der Waals surface area contributed by atoms with Crippen molar-refractivity contribution in [3.63, 3.8) is 0 Å². The summed E-state index contributed by atoms with van der Waals surface area (Å²) in [7, 11) is 1.51. The maximum atomic E-state index is 9.43. The van der Waals surface area contributed by atoms with Gasteiger partial charge in [-0.3, -0.25) is 0 Å². The third-order valence-electron chi connectivity index (χ3n) is 3.23. The van der Waals surface area contributed by atoms with Crippen LogP contribution in [0.1, 0.15) is 38.7 Å². The summed E-state index contributed by atoms with van der Waals surface area (Å²) < 4.78 is 16.8. The molecule has 0 fully saturated rings. The molecule has 21 heavy (non-hydrogen) atoms. The van der Waals surface area contributed by atoms with Gasteiger partial charge >= 0.3 is 0 Å². The number of nitrogens with zero attached hydrogens (tertiary/aromatic N) is 1. The van der Waals surface area contributed by atoms with Crippen LogP contribution in [0.4, 0.5) is 0 Å². The number of ether oxygens (including phenoxy) is 3. The minimum absolute atomic E-state index is 0.0766. The summed E-state index contributed by atoms with van der Waals surface area (Å²) in [6, 6.07) is 12.1. The predicted octanol–water partition coefficient (Wildman–Crippen LogP) is 3.71. The highest BCUT2D eigenvalue weighted by molar-refractivity contribution is 5.38. The fourth-order valence-corrected chi connectivity index (χ4v) is 2.42. The number of hydrogen-bond acceptors (Lipinski definition) is 4. The highest BCUT2D eigenvalue weighted by Crippen LogP contribution is 2.38. The smallest absolute Gasteiger partial charge is 0.296 e. The fraction of sp³-hybridized carbons (Fsp3) is 0.471. The van der Waals surface area contributed by atoms with Gasteiger partial charge in [0, 0.05) is 12.3 Å². The van der Waals surface area contributed by atoms with E-state index in [1.165, 1.54) is 7.11 Å². The monoisotopic (exact) mass is 287 g/mol. The van der Waals surface area contributed by atoms with Crippen LogP contribution >= 0.6 is 0 Å². The number of rotatable bonds is 3. The van der Waals surface area contributed by atoms with Gasteiger partial charge in [-0.25, -0.2) is 0 Å². The predicted molar refractivity (Wildman–Crippen MR) is 79.2 cm³/mol. The number of methoxy groups -OCH3 is 1. The summed E-state index contributed by atoms with van der Waals surface area (Å²) in [6.07, 6.45) is 0.166. The van der Waals surface area contributed by atoms with Crippen LogP contribution in [0.3, 0.4) is 0 Å². The van der Waals surface area contributed by atoms with Crippen molar-refractivity contribution in [1.82, 2.24) is 0 Å². The Morgan fingerprint density at radius 3 is 2.43 bits per heavy atom. The highest BCUT2D eigenvalue weighted by atomic mass is 16.8. The Morgan fingerprint density at radius 1 is 1.24 bits per heavy atom. The molecule has 0 saturated heterocycles. The van der Waals surface area contributed by atoms with E-state index < -0.39 is 6.29 Å². The molecule has 0 spiro atoms. The first-order chi connectivity index (χ1) is 9.94. The van der Waals surface area contributed by atoms with Crippen molar-refractivity contribution in [2.24, 2.45) is 0 Å². The molecule has 0 saturated carbocycles. The van der Waals surface area contributed by atoms with E-state index in [-0.39, 0.29) is 17.5 Å². The molecule has 0 aromatic heterocycles. The van der Waals surface area contributed by atoms with Gasteiger partial charge in [0.05, 0.1) is 12.7 Å². The molecule has 1 aliphatic rings. The van der Waals surface area contributed by atoms with E-state index in [4.69, 9.17) is 14.2 Å². The fourth-order valence-electron chi connectivity index (χ4n) is 2.42. The molecule has 0 aliphatic carbocycles. The van der Waals surface area contributed by atoms with Crippen molar-refractivity contribution in [1.29, 1.82) is 5.26 Å². The SMILES string of the molecule is COC1=C(C#N)C(c2ccccc2)CC(OC(C)(C)C)O1. The maximum absolute atomic E-state index is 9.43. The van der Waals surface area contributed by atoms with Gasteiger partial charge in [-0.05, 0) is 26.3 Å². The molecule has 0 N–H and O–H groups in total. The van der Waals surface area contributed by atoms with Crippen LogP contribution in [0.5, 0.6) is 0 Å². The van der Waals surface area contributed by atoms with Crippen LogP contribution in [-0.2, 0) is 14.2 Å². The first-order valence-electron chi connectivity index (χ1n) is 7.02. The highest BCUT2D eigenvalue weighted by Gasteiger charge is 2.35. The number of benzene rings is 1. The van der Waals surface area contributed by atoms with Crippen molar-refractivity contribution in [3.05, 3.63) is 47.4 Å². The van der Waals surface area contributed by atoms with Gasteiger partial charge in [0.15, 0.2) is 0 Å². The van der Waals surface area contributed by atoms with E-state index >= 15 is 0 Å². The lowest BCUT2D eigenvalue weighted by Gasteiger charge is -2.34. The van der Waals surface area contributed by atoms with Gasteiger partial charge in [-0.15, -0.1) is 0 Å². The zero-order valence-corrected chi connectivity index (χ0v) is 12.9. The summed E-state index contributed by atoms with van der Waals surface area (Å²) in [5.74, 6) is 0.180. The standard InChI is InChI=1S/C17H21NO3/c1-17(2,3)21-15-10-13(12-8-6-5-7-9-12)14(11-18)16(19-4)20-15/h5-9,13,15H,10H2,1-4H3. The van der Waals surface area contributed by atoms with Crippen LogP contribution < -0.4 is 0 Å². The van der Waals surface area contributed by atoms with Crippen LogP contribution in [0.25, 0.3) is 0 Å². The van der Waals surface area contributed by atoms with Gasteiger partial charge in [0.2, 0.25) is 6.29 Å². The van der Waals surface area contributed by atoms with Crippen LogP contribution in [0.15, 0.2) is 41.9 Å². The van der Waals surface area contributed by atoms with E-state index in [9.17, 15) is 5.26 Å². The second-order valence-corrected chi connectivity index (χ2v) is 5.99. The zero-order valence-electron chi connectivity index (χ0n) is 12.9. The van der Waals surface area contributed by atoms with Crippen molar-refractivity contribution in [3.8, 4) is 6.07 Å².